The normalized spacial score (nSPS) is 13.1. The smallest absolute Gasteiger partial charge is 0.115 e. The van der Waals surface area contributed by atoms with Crippen LogP contribution in [0.3, 0.4) is 0 Å². The number of benzene rings is 3. The Labute approximate surface area is 225 Å². The minimum absolute atomic E-state index is 0.0223. The Morgan fingerprint density at radius 2 is 1.54 bits per heavy atom. The molecule has 0 fully saturated rings. The van der Waals surface area contributed by atoms with Crippen molar-refractivity contribution in [3.05, 3.63) is 102 Å². The summed E-state index contributed by atoms with van der Waals surface area (Å²) < 4.78 is 12.9. The predicted octanol–water partition coefficient (Wildman–Crippen LogP) is 6.85. The molecule has 6 heteroatoms. The van der Waals surface area contributed by atoms with E-state index < -0.39 is 16.9 Å². The number of hydrogen-bond acceptors (Lipinski definition) is 5. The van der Waals surface area contributed by atoms with Crippen LogP contribution in [0.15, 0.2) is 101 Å². The van der Waals surface area contributed by atoms with Crippen molar-refractivity contribution in [3.8, 4) is 28.5 Å². The molecule has 1 N–H and O–H groups in total. The fourth-order valence-electron chi connectivity index (χ4n) is 3.94. The molecule has 0 aliphatic carbocycles. The van der Waals surface area contributed by atoms with E-state index in [1.165, 1.54) is 17.3 Å². The van der Waals surface area contributed by atoms with Crippen molar-refractivity contribution in [2.75, 3.05) is 11.5 Å². The standard InChI is InChI=1S/C31H30N2O2S2/c1-31(2,3)24-14-16-26(17-15-24)37(35)21-25(34)20-36-30-28(19-32)27(22-10-6-4-7-11-22)18-29(33-30)23-12-8-5-9-13-23/h4-18,25,34H,20-21H2,1-3H3. The predicted molar refractivity (Wildman–Crippen MR) is 153 cm³/mol. The van der Waals surface area contributed by atoms with Gasteiger partial charge in [0.25, 0.3) is 0 Å². The number of hydrogen-bond donors (Lipinski definition) is 1. The van der Waals surface area contributed by atoms with Crippen molar-refractivity contribution < 1.29 is 9.32 Å². The molecule has 4 rings (SSSR count). The molecule has 37 heavy (non-hydrogen) atoms. The quantitative estimate of drug-likeness (QED) is 0.254. The van der Waals surface area contributed by atoms with Gasteiger partial charge in [0, 0.05) is 21.8 Å². The van der Waals surface area contributed by atoms with Gasteiger partial charge in [0.2, 0.25) is 0 Å². The van der Waals surface area contributed by atoms with Gasteiger partial charge in [-0.05, 0) is 34.7 Å². The molecule has 1 heterocycles. The highest BCUT2D eigenvalue weighted by atomic mass is 32.2. The second-order valence-electron chi connectivity index (χ2n) is 9.83. The van der Waals surface area contributed by atoms with Crippen LogP contribution >= 0.6 is 11.8 Å². The number of nitrogens with zero attached hydrogens (tertiary/aromatic N) is 2. The molecule has 1 aromatic heterocycles. The number of nitriles is 1. The fraction of sp³-hybridized carbons (Fsp3) is 0.226. The van der Waals surface area contributed by atoms with Crippen LogP contribution in [0.25, 0.3) is 22.4 Å². The Hall–Kier alpha value is -3.24. The van der Waals surface area contributed by atoms with Gasteiger partial charge >= 0.3 is 0 Å². The van der Waals surface area contributed by atoms with E-state index in [2.05, 4.69) is 26.8 Å². The summed E-state index contributed by atoms with van der Waals surface area (Å²) in [5.74, 6) is 0.396. The van der Waals surface area contributed by atoms with Crippen LogP contribution in [0.4, 0.5) is 0 Å². The van der Waals surface area contributed by atoms with Gasteiger partial charge in [-0.1, -0.05) is 93.6 Å². The lowest BCUT2D eigenvalue weighted by Gasteiger charge is -2.19. The van der Waals surface area contributed by atoms with Crippen LogP contribution in [0.2, 0.25) is 0 Å². The van der Waals surface area contributed by atoms with Gasteiger partial charge in [0.1, 0.15) is 11.1 Å². The van der Waals surface area contributed by atoms with Crippen molar-refractivity contribution in [2.24, 2.45) is 0 Å². The third-order valence-corrected chi connectivity index (χ3v) is 8.60. The first kappa shape index (κ1) is 26.8. The summed E-state index contributed by atoms with van der Waals surface area (Å²) in [7, 11) is -1.33. The van der Waals surface area contributed by atoms with Crippen molar-refractivity contribution in [2.45, 2.75) is 42.2 Å². The molecule has 4 aromatic rings. The zero-order valence-electron chi connectivity index (χ0n) is 21.2. The maximum absolute atomic E-state index is 12.9. The molecule has 0 amide bonds. The summed E-state index contributed by atoms with van der Waals surface area (Å²) in [4.78, 5) is 5.49. The third-order valence-electron chi connectivity index (χ3n) is 5.99. The van der Waals surface area contributed by atoms with Crippen LogP contribution in [0.1, 0.15) is 31.9 Å². The highest BCUT2D eigenvalue weighted by Crippen LogP contribution is 2.34. The molecule has 0 aliphatic heterocycles. The summed E-state index contributed by atoms with van der Waals surface area (Å²) in [6.07, 6.45) is -0.818. The molecular weight excluding hydrogens is 496 g/mol. The van der Waals surface area contributed by atoms with Crippen LogP contribution in [-0.2, 0) is 16.2 Å². The lowest BCUT2D eigenvalue weighted by molar-refractivity contribution is 0.224. The first-order valence-corrected chi connectivity index (χ1v) is 14.4. The summed E-state index contributed by atoms with van der Waals surface area (Å²) in [5, 5.41) is 21.3. The molecular formula is C31H30N2O2S2. The average molecular weight is 527 g/mol. The molecule has 3 aromatic carbocycles. The molecule has 2 unspecified atom stereocenters. The lowest BCUT2D eigenvalue weighted by Crippen LogP contribution is -2.20. The number of aromatic nitrogens is 1. The third kappa shape index (κ3) is 6.75. The largest absolute Gasteiger partial charge is 0.391 e. The number of thioether (sulfide) groups is 1. The molecule has 4 nitrogen and oxygen atoms in total. The maximum Gasteiger partial charge on any atom is 0.115 e. The zero-order valence-corrected chi connectivity index (χ0v) is 22.9. The molecule has 0 spiro atoms. The van der Waals surface area contributed by atoms with Gasteiger partial charge in [-0.15, -0.1) is 11.8 Å². The van der Waals surface area contributed by atoms with Crippen LogP contribution in [-0.4, -0.2) is 31.9 Å². The van der Waals surface area contributed by atoms with E-state index in [9.17, 15) is 14.6 Å². The van der Waals surface area contributed by atoms with Crippen molar-refractivity contribution >= 4 is 22.6 Å². The Balaban J connectivity index is 1.55. The molecule has 0 aliphatic rings. The molecule has 0 saturated heterocycles. The summed E-state index contributed by atoms with van der Waals surface area (Å²) >= 11 is 1.32. The minimum Gasteiger partial charge on any atom is -0.391 e. The van der Waals surface area contributed by atoms with E-state index in [-0.39, 0.29) is 16.9 Å². The summed E-state index contributed by atoms with van der Waals surface area (Å²) in [6.45, 7) is 6.42. The molecule has 188 valence electrons. The van der Waals surface area contributed by atoms with Crippen LogP contribution in [0, 0.1) is 11.3 Å². The summed E-state index contributed by atoms with van der Waals surface area (Å²) in [5.41, 5.74) is 5.12. The maximum atomic E-state index is 12.9. The van der Waals surface area contributed by atoms with Crippen LogP contribution < -0.4 is 0 Å². The zero-order chi connectivity index (χ0) is 26.4. The lowest BCUT2D eigenvalue weighted by atomic mass is 9.87. The first-order chi connectivity index (χ1) is 17.8. The second-order valence-corrected chi connectivity index (χ2v) is 12.3. The van der Waals surface area contributed by atoms with Gasteiger partial charge in [0.05, 0.1) is 33.9 Å². The van der Waals surface area contributed by atoms with E-state index in [4.69, 9.17) is 4.98 Å². The first-order valence-electron chi connectivity index (χ1n) is 12.1. The Morgan fingerprint density at radius 3 is 2.11 bits per heavy atom. The van der Waals surface area contributed by atoms with Crippen LogP contribution in [0.5, 0.6) is 0 Å². The van der Waals surface area contributed by atoms with E-state index in [1.807, 2.05) is 91.0 Å². The molecule has 0 radical (unpaired) electrons. The average Bonchev–Trinajstić information content (AvgIpc) is 2.92. The molecule has 0 saturated carbocycles. The van der Waals surface area contributed by atoms with E-state index in [0.717, 1.165) is 22.4 Å². The van der Waals surface area contributed by atoms with Gasteiger partial charge in [-0.25, -0.2) is 4.98 Å². The van der Waals surface area contributed by atoms with Crippen molar-refractivity contribution in [1.29, 1.82) is 5.26 Å². The highest BCUT2D eigenvalue weighted by Gasteiger charge is 2.19. The van der Waals surface area contributed by atoms with E-state index in [1.54, 1.807) is 0 Å². The SMILES string of the molecule is CC(C)(C)c1ccc(S(=O)CC(O)CSc2nc(-c3ccccc3)cc(-c3ccccc3)c2C#N)cc1. The topological polar surface area (TPSA) is 74.0 Å². The Morgan fingerprint density at radius 1 is 0.946 bits per heavy atom. The van der Waals surface area contributed by atoms with E-state index >= 15 is 0 Å². The number of aliphatic hydroxyl groups excluding tert-OH is 1. The fourth-order valence-corrected chi connectivity index (χ4v) is 6.12. The minimum atomic E-state index is -1.33. The Kier molecular flexibility index (Phi) is 8.60. The second kappa shape index (κ2) is 11.9. The number of pyridine rings is 1. The van der Waals surface area contributed by atoms with Gasteiger partial charge in [0.15, 0.2) is 0 Å². The van der Waals surface area contributed by atoms with E-state index in [0.29, 0.717) is 15.5 Å². The molecule has 0 bridgehead atoms. The van der Waals surface area contributed by atoms with Crippen molar-refractivity contribution in [1.82, 2.24) is 4.98 Å². The Bertz CT molecular complexity index is 1410. The number of aliphatic hydroxyl groups is 1. The highest BCUT2D eigenvalue weighted by molar-refractivity contribution is 7.99. The number of rotatable bonds is 8. The van der Waals surface area contributed by atoms with Gasteiger partial charge in [-0.3, -0.25) is 4.21 Å². The molecule has 2 atom stereocenters. The van der Waals surface area contributed by atoms with Gasteiger partial charge in [-0.2, -0.15) is 5.26 Å². The summed E-state index contributed by atoms with van der Waals surface area (Å²) in [6, 6.07) is 31.6. The van der Waals surface area contributed by atoms with Crippen molar-refractivity contribution in [3.63, 3.8) is 0 Å². The monoisotopic (exact) mass is 526 g/mol. The van der Waals surface area contributed by atoms with Gasteiger partial charge < -0.3 is 5.11 Å².